The Morgan fingerprint density at radius 1 is 1.67 bits per heavy atom. The highest BCUT2D eigenvalue weighted by Gasteiger charge is 2.30. The highest BCUT2D eigenvalue weighted by Crippen LogP contribution is 2.28. The molecule has 2 heteroatoms. The molecule has 0 bridgehead atoms. The molecule has 1 saturated heterocycles. The zero-order valence-electron chi connectivity index (χ0n) is 6.05. The number of ether oxygens (including phenoxy) is 1. The van der Waals surface area contributed by atoms with Crippen molar-refractivity contribution < 1.29 is 9.84 Å². The molecule has 0 aromatic carbocycles. The van der Waals surface area contributed by atoms with Crippen LogP contribution in [-0.4, -0.2) is 23.9 Å². The second-order valence-electron chi connectivity index (χ2n) is 3.32. The van der Waals surface area contributed by atoms with Gasteiger partial charge in [0.05, 0.1) is 12.2 Å². The molecule has 0 spiro atoms. The molecule has 0 saturated carbocycles. The van der Waals surface area contributed by atoms with Crippen LogP contribution in [0.15, 0.2) is 0 Å². The molecule has 1 aliphatic heterocycles. The third kappa shape index (κ3) is 1.66. The van der Waals surface area contributed by atoms with Gasteiger partial charge in [0.15, 0.2) is 0 Å². The van der Waals surface area contributed by atoms with Gasteiger partial charge in [-0.2, -0.15) is 0 Å². The molecule has 0 aromatic heterocycles. The largest absolute Gasteiger partial charge is 0.396 e. The molecule has 1 atom stereocenters. The lowest BCUT2D eigenvalue weighted by molar-refractivity contribution is 0.0338. The lowest BCUT2D eigenvalue weighted by Crippen LogP contribution is -2.17. The fraction of sp³-hybridized carbons (Fsp3) is 1.00. The van der Waals surface area contributed by atoms with Crippen molar-refractivity contribution in [2.45, 2.75) is 25.9 Å². The van der Waals surface area contributed by atoms with Crippen molar-refractivity contribution in [3.05, 3.63) is 0 Å². The quantitative estimate of drug-likeness (QED) is 0.568. The number of aliphatic hydroxyl groups is 1. The average Bonchev–Trinajstić information content (AvgIpc) is 2.10. The molecular weight excluding hydrogens is 116 g/mol. The molecule has 54 valence electrons. The van der Waals surface area contributed by atoms with E-state index in [-0.39, 0.29) is 12.2 Å². The van der Waals surface area contributed by atoms with Crippen LogP contribution in [0, 0.1) is 5.92 Å². The first kappa shape index (κ1) is 7.03. The molecule has 0 aliphatic carbocycles. The summed E-state index contributed by atoms with van der Waals surface area (Å²) in [4.78, 5) is 0. The van der Waals surface area contributed by atoms with E-state index in [0.717, 1.165) is 13.0 Å². The average molecular weight is 130 g/mol. The van der Waals surface area contributed by atoms with Gasteiger partial charge in [0.25, 0.3) is 0 Å². The summed E-state index contributed by atoms with van der Waals surface area (Å²) < 4.78 is 5.38. The van der Waals surface area contributed by atoms with E-state index in [1.165, 1.54) is 0 Å². The summed E-state index contributed by atoms with van der Waals surface area (Å²) in [6.07, 6.45) is 0.990. The normalized spacial score (nSPS) is 33.0. The summed E-state index contributed by atoms with van der Waals surface area (Å²) in [5, 5.41) is 8.72. The summed E-state index contributed by atoms with van der Waals surface area (Å²) >= 11 is 0. The van der Waals surface area contributed by atoms with Gasteiger partial charge < -0.3 is 9.84 Å². The molecule has 1 fully saturated rings. The second kappa shape index (κ2) is 2.27. The molecule has 1 heterocycles. The molecule has 2 nitrogen and oxygen atoms in total. The highest BCUT2D eigenvalue weighted by molar-refractivity contribution is 4.79. The van der Waals surface area contributed by atoms with Gasteiger partial charge in [0, 0.05) is 12.5 Å². The van der Waals surface area contributed by atoms with E-state index < -0.39 is 0 Å². The zero-order chi connectivity index (χ0) is 6.91. The molecule has 0 aromatic rings. The molecule has 0 unspecified atom stereocenters. The third-order valence-electron chi connectivity index (χ3n) is 1.75. The SMILES string of the molecule is CC1(C)C[C@H](CO)CO1. The lowest BCUT2D eigenvalue weighted by Gasteiger charge is -2.15. The Bertz CT molecular complexity index is 99.1. The van der Waals surface area contributed by atoms with Crippen LogP contribution < -0.4 is 0 Å². The van der Waals surface area contributed by atoms with Crippen LogP contribution in [0.3, 0.4) is 0 Å². The van der Waals surface area contributed by atoms with Crippen LogP contribution in [0.2, 0.25) is 0 Å². The van der Waals surface area contributed by atoms with Crippen LogP contribution in [0.4, 0.5) is 0 Å². The fourth-order valence-electron chi connectivity index (χ4n) is 1.27. The topological polar surface area (TPSA) is 29.5 Å². The molecule has 1 aliphatic rings. The molecule has 0 amide bonds. The van der Waals surface area contributed by atoms with Gasteiger partial charge in [-0.05, 0) is 20.3 Å². The Morgan fingerprint density at radius 3 is 2.56 bits per heavy atom. The van der Waals surface area contributed by atoms with Crippen LogP contribution in [0.25, 0.3) is 0 Å². The van der Waals surface area contributed by atoms with Crippen molar-refractivity contribution in [2.24, 2.45) is 5.92 Å². The number of aliphatic hydroxyl groups excluding tert-OH is 1. The smallest absolute Gasteiger partial charge is 0.0631 e. The van der Waals surface area contributed by atoms with Gasteiger partial charge in [-0.25, -0.2) is 0 Å². The van der Waals surface area contributed by atoms with E-state index in [0.29, 0.717) is 5.92 Å². The standard InChI is InChI=1S/C7H14O2/c1-7(2)3-6(4-8)5-9-7/h6,8H,3-5H2,1-2H3/t6-/m1/s1. The maximum atomic E-state index is 8.72. The summed E-state index contributed by atoms with van der Waals surface area (Å²) in [7, 11) is 0. The van der Waals surface area contributed by atoms with Crippen molar-refractivity contribution in [3.63, 3.8) is 0 Å². The highest BCUT2D eigenvalue weighted by atomic mass is 16.5. The van der Waals surface area contributed by atoms with Crippen LogP contribution >= 0.6 is 0 Å². The first-order valence-corrected chi connectivity index (χ1v) is 3.39. The molecule has 0 radical (unpaired) electrons. The summed E-state index contributed by atoms with van der Waals surface area (Å²) in [5.74, 6) is 0.375. The summed E-state index contributed by atoms with van der Waals surface area (Å²) in [5.41, 5.74) is 0.00734. The van der Waals surface area contributed by atoms with Gasteiger partial charge in [0.1, 0.15) is 0 Å². The van der Waals surface area contributed by atoms with E-state index in [2.05, 4.69) is 13.8 Å². The Balaban J connectivity index is 2.38. The predicted molar refractivity (Wildman–Crippen MR) is 35.2 cm³/mol. The van der Waals surface area contributed by atoms with Gasteiger partial charge in [-0.15, -0.1) is 0 Å². The zero-order valence-corrected chi connectivity index (χ0v) is 6.05. The first-order valence-electron chi connectivity index (χ1n) is 3.39. The van der Waals surface area contributed by atoms with E-state index in [9.17, 15) is 0 Å². The van der Waals surface area contributed by atoms with Gasteiger partial charge in [-0.3, -0.25) is 0 Å². The Kier molecular flexibility index (Phi) is 1.78. The molecule has 1 N–H and O–H groups in total. The van der Waals surface area contributed by atoms with Crippen molar-refractivity contribution in [2.75, 3.05) is 13.2 Å². The Hall–Kier alpha value is -0.0800. The minimum Gasteiger partial charge on any atom is -0.396 e. The summed E-state index contributed by atoms with van der Waals surface area (Å²) in [6.45, 7) is 5.11. The van der Waals surface area contributed by atoms with Crippen molar-refractivity contribution in [3.8, 4) is 0 Å². The van der Waals surface area contributed by atoms with Gasteiger partial charge in [-0.1, -0.05) is 0 Å². The number of hydrogen-bond donors (Lipinski definition) is 1. The Morgan fingerprint density at radius 2 is 2.33 bits per heavy atom. The minimum atomic E-state index is 0.00734. The van der Waals surface area contributed by atoms with E-state index in [1.807, 2.05) is 0 Å². The van der Waals surface area contributed by atoms with E-state index in [4.69, 9.17) is 9.84 Å². The van der Waals surface area contributed by atoms with Crippen molar-refractivity contribution >= 4 is 0 Å². The maximum Gasteiger partial charge on any atom is 0.0631 e. The molecular formula is C7H14O2. The minimum absolute atomic E-state index is 0.00734. The van der Waals surface area contributed by atoms with Crippen LogP contribution in [0.1, 0.15) is 20.3 Å². The third-order valence-corrected chi connectivity index (χ3v) is 1.75. The summed E-state index contributed by atoms with van der Waals surface area (Å²) in [6, 6.07) is 0. The molecule has 9 heavy (non-hydrogen) atoms. The first-order chi connectivity index (χ1) is 4.14. The maximum absolute atomic E-state index is 8.72. The van der Waals surface area contributed by atoms with Crippen LogP contribution in [-0.2, 0) is 4.74 Å². The Labute approximate surface area is 55.8 Å². The van der Waals surface area contributed by atoms with Crippen molar-refractivity contribution in [1.82, 2.24) is 0 Å². The lowest BCUT2D eigenvalue weighted by atomic mass is 9.99. The van der Waals surface area contributed by atoms with Crippen LogP contribution in [0.5, 0.6) is 0 Å². The number of hydrogen-bond acceptors (Lipinski definition) is 2. The van der Waals surface area contributed by atoms with Crippen molar-refractivity contribution in [1.29, 1.82) is 0 Å². The second-order valence-corrected chi connectivity index (χ2v) is 3.32. The van der Waals surface area contributed by atoms with E-state index in [1.54, 1.807) is 0 Å². The van der Waals surface area contributed by atoms with E-state index >= 15 is 0 Å². The molecule has 1 rings (SSSR count). The van der Waals surface area contributed by atoms with Gasteiger partial charge >= 0.3 is 0 Å². The number of rotatable bonds is 1. The monoisotopic (exact) mass is 130 g/mol. The van der Waals surface area contributed by atoms with Gasteiger partial charge in [0.2, 0.25) is 0 Å². The predicted octanol–water partition coefficient (Wildman–Crippen LogP) is 0.794. The fourth-order valence-corrected chi connectivity index (χ4v) is 1.27.